The Labute approximate surface area is 108 Å². The van der Waals surface area contributed by atoms with Gasteiger partial charge in [-0.3, -0.25) is 10.1 Å². The molecule has 18 heavy (non-hydrogen) atoms. The molecule has 0 rings (SSSR count). The van der Waals surface area contributed by atoms with Crippen LogP contribution < -0.4 is 11.1 Å². The predicted octanol–water partition coefficient (Wildman–Crippen LogP) is 2.74. The number of nitrogens with one attached hydrogen (secondary N) is 1. The maximum Gasteiger partial charge on any atom is 0.405 e. The van der Waals surface area contributed by atoms with Crippen molar-refractivity contribution in [1.82, 2.24) is 5.32 Å². The highest BCUT2D eigenvalue weighted by Gasteiger charge is 2.38. The van der Waals surface area contributed by atoms with Gasteiger partial charge in [0.2, 0.25) is 0 Å². The van der Waals surface area contributed by atoms with Gasteiger partial charge in [-0.05, 0) is 0 Å². The highest BCUT2D eigenvalue weighted by atomic mass is 19.4. The molecule has 0 aliphatic rings. The molecule has 3 N–H and O–H groups in total. The second-order valence-corrected chi connectivity index (χ2v) is 3.33. The third-order valence-corrected chi connectivity index (χ3v) is 1.80. The standard InChI is InChI=1S/C8H15F3N2O.2C2H6/c1-5(2)6(14)4-13-7(3-12)8(9,10)11;2*1-2/h5,7,13H,3-4,12H2,1-2H3;2*1-2H3. The number of hydrogen-bond acceptors (Lipinski definition) is 3. The van der Waals surface area contributed by atoms with Crippen molar-refractivity contribution in [3.05, 3.63) is 0 Å². The van der Waals surface area contributed by atoms with E-state index in [2.05, 4.69) is 5.32 Å². The van der Waals surface area contributed by atoms with E-state index in [0.717, 1.165) is 0 Å². The maximum atomic E-state index is 12.1. The van der Waals surface area contributed by atoms with E-state index < -0.39 is 18.8 Å². The van der Waals surface area contributed by atoms with Crippen molar-refractivity contribution in [2.75, 3.05) is 13.1 Å². The van der Waals surface area contributed by atoms with Gasteiger partial charge >= 0.3 is 6.18 Å². The fraction of sp³-hybridized carbons (Fsp3) is 0.917. The van der Waals surface area contributed by atoms with Crippen molar-refractivity contribution in [3.63, 3.8) is 0 Å². The van der Waals surface area contributed by atoms with Gasteiger partial charge in [-0.2, -0.15) is 13.2 Å². The lowest BCUT2D eigenvalue weighted by atomic mass is 10.1. The summed E-state index contributed by atoms with van der Waals surface area (Å²) in [4.78, 5) is 11.0. The second kappa shape index (κ2) is 12.8. The number of alkyl halides is 3. The largest absolute Gasteiger partial charge is 0.405 e. The minimum Gasteiger partial charge on any atom is -0.329 e. The smallest absolute Gasteiger partial charge is 0.329 e. The first-order valence-electron chi connectivity index (χ1n) is 6.32. The molecule has 1 atom stereocenters. The van der Waals surface area contributed by atoms with Gasteiger partial charge < -0.3 is 5.73 Å². The summed E-state index contributed by atoms with van der Waals surface area (Å²) in [5.41, 5.74) is 4.93. The van der Waals surface area contributed by atoms with Gasteiger partial charge in [-0.1, -0.05) is 41.5 Å². The molecule has 0 aromatic rings. The molecule has 0 aliphatic carbocycles. The summed E-state index contributed by atoms with van der Waals surface area (Å²) in [6.07, 6.45) is -4.40. The molecule has 1 unspecified atom stereocenters. The molecule has 0 saturated heterocycles. The van der Waals surface area contributed by atoms with Crippen LogP contribution in [0.5, 0.6) is 0 Å². The molecule has 0 amide bonds. The summed E-state index contributed by atoms with van der Waals surface area (Å²) >= 11 is 0. The van der Waals surface area contributed by atoms with Crippen LogP contribution in [0.3, 0.4) is 0 Å². The van der Waals surface area contributed by atoms with Crippen molar-refractivity contribution in [2.45, 2.75) is 53.8 Å². The van der Waals surface area contributed by atoms with Crippen molar-refractivity contribution in [3.8, 4) is 0 Å². The number of hydrogen-bond donors (Lipinski definition) is 2. The summed E-state index contributed by atoms with van der Waals surface area (Å²) in [7, 11) is 0. The third kappa shape index (κ3) is 11.9. The number of halogens is 3. The zero-order chi connectivity index (χ0) is 15.4. The van der Waals surface area contributed by atoms with E-state index in [4.69, 9.17) is 5.73 Å². The van der Waals surface area contributed by atoms with Crippen molar-refractivity contribution in [1.29, 1.82) is 0 Å². The Bertz CT molecular complexity index is 194. The fourth-order valence-electron chi connectivity index (χ4n) is 0.761. The summed E-state index contributed by atoms with van der Waals surface area (Å²) in [5, 5.41) is 2.09. The first-order chi connectivity index (χ1) is 8.29. The summed E-state index contributed by atoms with van der Waals surface area (Å²) in [6.45, 7) is 10.4. The van der Waals surface area contributed by atoms with Gasteiger partial charge in [0.1, 0.15) is 11.8 Å². The van der Waals surface area contributed by atoms with E-state index in [-0.39, 0.29) is 18.2 Å². The van der Waals surface area contributed by atoms with E-state index in [1.165, 1.54) is 0 Å². The van der Waals surface area contributed by atoms with Crippen LogP contribution in [-0.4, -0.2) is 31.1 Å². The molecule has 0 bridgehead atoms. The van der Waals surface area contributed by atoms with Gasteiger partial charge in [0.25, 0.3) is 0 Å². The van der Waals surface area contributed by atoms with Crippen molar-refractivity contribution in [2.24, 2.45) is 11.7 Å². The molecule has 0 heterocycles. The summed E-state index contributed by atoms with van der Waals surface area (Å²) in [5.74, 6) is -0.526. The Morgan fingerprint density at radius 3 is 1.78 bits per heavy atom. The van der Waals surface area contributed by atoms with Crippen LogP contribution in [0, 0.1) is 5.92 Å². The van der Waals surface area contributed by atoms with Crippen LogP contribution >= 0.6 is 0 Å². The van der Waals surface area contributed by atoms with Crippen LogP contribution in [0.25, 0.3) is 0 Å². The van der Waals surface area contributed by atoms with E-state index in [1.54, 1.807) is 13.8 Å². The predicted molar refractivity (Wildman–Crippen MR) is 69.4 cm³/mol. The number of Topliss-reactive ketones (excluding diaryl/α,β-unsaturated/α-hetero) is 1. The van der Waals surface area contributed by atoms with E-state index >= 15 is 0 Å². The third-order valence-electron chi connectivity index (χ3n) is 1.80. The Morgan fingerprint density at radius 1 is 1.17 bits per heavy atom. The monoisotopic (exact) mass is 272 g/mol. The Hall–Kier alpha value is -0.620. The molecule has 0 saturated carbocycles. The normalized spacial score (nSPS) is 11.9. The van der Waals surface area contributed by atoms with Gasteiger partial charge in [-0.25, -0.2) is 0 Å². The average molecular weight is 272 g/mol. The number of rotatable bonds is 5. The topological polar surface area (TPSA) is 55.1 Å². The zero-order valence-corrected chi connectivity index (χ0v) is 12.2. The lowest BCUT2D eigenvalue weighted by Crippen LogP contribution is -2.49. The lowest BCUT2D eigenvalue weighted by molar-refractivity contribution is -0.154. The number of ketones is 1. The molecular weight excluding hydrogens is 245 g/mol. The Morgan fingerprint density at radius 2 is 1.56 bits per heavy atom. The molecule has 3 nitrogen and oxygen atoms in total. The van der Waals surface area contributed by atoms with E-state index in [0.29, 0.717) is 0 Å². The van der Waals surface area contributed by atoms with Crippen LogP contribution in [-0.2, 0) is 4.79 Å². The highest BCUT2D eigenvalue weighted by Crippen LogP contribution is 2.19. The van der Waals surface area contributed by atoms with E-state index in [1.807, 2.05) is 27.7 Å². The minimum absolute atomic E-state index is 0.257. The number of nitrogens with two attached hydrogens (primary N) is 1. The van der Waals surface area contributed by atoms with E-state index in [9.17, 15) is 18.0 Å². The molecule has 0 aromatic carbocycles. The summed E-state index contributed by atoms with van der Waals surface area (Å²) in [6, 6.07) is -1.80. The molecule has 0 fully saturated rings. The Kier molecular flexibility index (Phi) is 16.1. The molecule has 0 radical (unpaired) electrons. The van der Waals surface area contributed by atoms with Crippen LogP contribution in [0.15, 0.2) is 0 Å². The number of carbonyl (C=O) groups excluding carboxylic acids is 1. The zero-order valence-electron chi connectivity index (χ0n) is 12.2. The fourth-order valence-corrected chi connectivity index (χ4v) is 0.761. The summed E-state index contributed by atoms with van der Waals surface area (Å²) < 4.78 is 36.4. The maximum absolute atomic E-state index is 12.1. The van der Waals surface area contributed by atoms with Crippen LogP contribution in [0.2, 0.25) is 0 Å². The SMILES string of the molecule is CC.CC.CC(C)C(=O)CNC(CN)C(F)(F)F. The molecule has 6 heteroatoms. The molecule has 0 spiro atoms. The van der Waals surface area contributed by atoms with Crippen molar-refractivity contribution < 1.29 is 18.0 Å². The first-order valence-corrected chi connectivity index (χ1v) is 6.32. The lowest BCUT2D eigenvalue weighted by Gasteiger charge is -2.19. The van der Waals surface area contributed by atoms with Crippen LogP contribution in [0.4, 0.5) is 13.2 Å². The second-order valence-electron chi connectivity index (χ2n) is 3.33. The highest BCUT2D eigenvalue weighted by molar-refractivity contribution is 5.82. The van der Waals surface area contributed by atoms with Gasteiger partial charge in [0.15, 0.2) is 0 Å². The first kappa shape index (κ1) is 22.6. The Balaban J connectivity index is -0.000000506. The molecule has 0 aromatic heterocycles. The number of carbonyl (C=O) groups is 1. The van der Waals surface area contributed by atoms with Gasteiger partial charge in [0, 0.05) is 12.5 Å². The van der Waals surface area contributed by atoms with Crippen molar-refractivity contribution >= 4 is 5.78 Å². The molecule has 112 valence electrons. The van der Waals surface area contributed by atoms with Gasteiger partial charge in [-0.15, -0.1) is 0 Å². The molecule has 0 aliphatic heterocycles. The molecular formula is C12H27F3N2O. The minimum atomic E-state index is -4.40. The quantitative estimate of drug-likeness (QED) is 0.809. The average Bonchev–Trinajstić information content (AvgIpc) is 2.32. The van der Waals surface area contributed by atoms with Crippen LogP contribution in [0.1, 0.15) is 41.5 Å². The van der Waals surface area contributed by atoms with Gasteiger partial charge in [0.05, 0.1) is 6.54 Å².